The highest BCUT2D eigenvalue weighted by atomic mass is 127. The molecule has 1 heterocycles. The topological polar surface area (TPSA) is 47.9 Å². The minimum absolute atomic E-state index is 0. The van der Waals surface area contributed by atoms with E-state index in [1.807, 2.05) is 30.3 Å². The Labute approximate surface area is 167 Å². The van der Waals surface area contributed by atoms with Gasteiger partial charge in [0.2, 0.25) is 0 Å². The molecule has 0 bridgehead atoms. The summed E-state index contributed by atoms with van der Waals surface area (Å²) in [6.07, 6.45) is 1.19. The number of guanidine groups is 1. The van der Waals surface area contributed by atoms with E-state index < -0.39 is 6.10 Å². The summed E-state index contributed by atoms with van der Waals surface area (Å²) in [5.74, 6) is 0.856. The highest BCUT2D eigenvalue weighted by Crippen LogP contribution is 2.27. The number of rotatable bonds is 5. The number of nitrogens with one attached hydrogen (secondary N) is 1. The number of halogens is 1. The normalized spacial score (nSPS) is 14.6. The van der Waals surface area contributed by atoms with Crippen LogP contribution in [0, 0.1) is 0 Å². The van der Waals surface area contributed by atoms with E-state index >= 15 is 0 Å². The van der Waals surface area contributed by atoms with Gasteiger partial charge in [-0.3, -0.25) is 4.99 Å². The average molecular weight is 451 g/mol. The molecule has 2 aromatic carbocycles. The second-order valence-electron chi connectivity index (χ2n) is 6.07. The minimum Gasteiger partial charge on any atom is -0.391 e. The number of aliphatic hydroxyl groups is 1. The molecule has 0 aliphatic carbocycles. The molecule has 1 aliphatic heterocycles. The molecule has 4 nitrogen and oxygen atoms in total. The van der Waals surface area contributed by atoms with Crippen molar-refractivity contribution in [3.8, 4) is 0 Å². The average Bonchev–Trinajstić information content (AvgIpc) is 3.03. The van der Waals surface area contributed by atoms with Gasteiger partial charge in [0.1, 0.15) is 0 Å². The van der Waals surface area contributed by atoms with Crippen LogP contribution in [0.25, 0.3) is 0 Å². The minimum atomic E-state index is -0.473. The van der Waals surface area contributed by atoms with Crippen molar-refractivity contribution in [1.82, 2.24) is 5.32 Å². The van der Waals surface area contributed by atoms with Crippen LogP contribution in [0.2, 0.25) is 0 Å². The lowest BCUT2D eigenvalue weighted by Gasteiger charge is -2.22. The van der Waals surface area contributed by atoms with Crippen molar-refractivity contribution in [3.05, 3.63) is 65.7 Å². The second-order valence-corrected chi connectivity index (χ2v) is 6.07. The largest absolute Gasteiger partial charge is 0.391 e. The van der Waals surface area contributed by atoms with Gasteiger partial charge in [-0.05, 0) is 30.5 Å². The molecule has 0 amide bonds. The van der Waals surface area contributed by atoms with E-state index in [1.54, 1.807) is 0 Å². The van der Waals surface area contributed by atoms with Gasteiger partial charge in [-0.2, -0.15) is 0 Å². The predicted octanol–water partition coefficient (Wildman–Crippen LogP) is 3.24. The second kappa shape index (κ2) is 9.77. The number of anilines is 1. The van der Waals surface area contributed by atoms with Gasteiger partial charge >= 0.3 is 0 Å². The van der Waals surface area contributed by atoms with Gasteiger partial charge in [-0.1, -0.05) is 48.5 Å². The number of fused-ring (bicyclic) bond motifs is 1. The molecule has 0 saturated carbocycles. The van der Waals surface area contributed by atoms with E-state index in [0.717, 1.165) is 31.0 Å². The lowest BCUT2D eigenvalue weighted by atomic mass is 10.1. The van der Waals surface area contributed by atoms with Crippen molar-refractivity contribution in [3.63, 3.8) is 0 Å². The Kier molecular flexibility index (Phi) is 7.71. The monoisotopic (exact) mass is 451 g/mol. The molecule has 25 heavy (non-hydrogen) atoms. The van der Waals surface area contributed by atoms with E-state index in [9.17, 15) is 5.11 Å². The lowest BCUT2D eigenvalue weighted by molar-refractivity contribution is 0.184. The van der Waals surface area contributed by atoms with Crippen LogP contribution < -0.4 is 10.2 Å². The van der Waals surface area contributed by atoms with Gasteiger partial charge in [0.25, 0.3) is 0 Å². The molecule has 134 valence electrons. The van der Waals surface area contributed by atoms with Gasteiger partial charge < -0.3 is 15.3 Å². The number of aliphatic imine (C=N–C) groups is 1. The van der Waals surface area contributed by atoms with Crippen molar-refractivity contribution >= 4 is 35.6 Å². The van der Waals surface area contributed by atoms with Crippen molar-refractivity contribution in [2.24, 2.45) is 4.99 Å². The van der Waals surface area contributed by atoms with Crippen molar-refractivity contribution in [1.29, 1.82) is 0 Å². The molecule has 0 fully saturated rings. The molecule has 1 aliphatic rings. The fraction of sp³-hybridized carbons (Fsp3) is 0.350. The third kappa shape index (κ3) is 5.19. The first-order chi connectivity index (χ1) is 11.8. The maximum atomic E-state index is 10.3. The Hall–Kier alpha value is -1.60. The Morgan fingerprint density at radius 1 is 1.16 bits per heavy atom. The number of aliphatic hydroxyl groups excluding tert-OH is 1. The third-order valence-electron chi connectivity index (χ3n) is 4.24. The fourth-order valence-corrected chi connectivity index (χ4v) is 3.10. The molecule has 0 aromatic heterocycles. The molecule has 0 radical (unpaired) electrons. The van der Waals surface area contributed by atoms with Gasteiger partial charge in [-0.15, -0.1) is 24.0 Å². The quantitative estimate of drug-likeness (QED) is 0.417. The summed E-state index contributed by atoms with van der Waals surface area (Å²) in [6, 6.07) is 18.5. The van der Waals surface area contributed by atoms with Crippen LogP contribution in [0.3, 0.4) is 0 Å². The lowest BCUT2D eigenvalue weighted by Crippen LogP contribution is -2.41. The van der Waals surface area contributed by atoms with Crippen LogP contribution in [-0.2, 0) is 12.8 Å². The van der Waals surface area contributed by atoms with E-state index in [2.05, 4.69) is 46.4 Å². The summed E-state index contributed by atoms with van der Waals surface area (Å²) in [5.41, 5.74) is 3.71. The fourth-order valence-electron chi connectivity index (χ4n) is 3.10. The Balaban J connectivity index is 0.00000225. The number of hydrogen-bond donors (Lipinski definition) is 2. The maximum absolute atomic E-state index is 10.3. The highest BCUT2D eigenvalue weighted by molar-refractivity contribution is 14.0. The van der Waals surface area contributed by atoms with Crippen molar-refractivity contribution < 1.29 is 5.11 Å². The molecule has 2 N–H and O–H groups in total. The summed E-state index contributed by atoms with van der Waals surface area (Å²) < 4.78 is 0. The third-order valence-corrected chi connectivity index (χ3v) is 4.24. The Morgan fingerprint density at radius 3 is 2.64 bits per heavy atom. The summed E-state index contributed by atoms with van der Waals surface area (Å²) in [7, 11) is 0. The number of para-hydroxylation sites is 1. The van der Waals surface area contributed by atoms with E-state index in [0.29, 0.717) is 13.0 Å². The summed E-state index contributed by atoms with van der Waals surface area (Å²) in [5, 5.41) is 13.7. The first-order valence-electron chi connectivity index (χ1n) is 8.63. The summed E-state index contributed by atoms with van der Waals surface area (Å²) >= 11 is 0. The maximum Gasteiger partial charge on any atom is 0.198 e. The van der Waals surface area contributed by atoms with E-state index in [1.165, 1.54) is 11.3 Å². The Bertz CT molecular complexity index is 690. The molecule has 1 atom stereocenters. The Morgan fingerprint density at radius 2 is 1.88 bits per heavy atom. The van der Waals surface area contributed by atoms with Gasteiger partial charge in [0.15, 0.2) is 5.96 Å². The van der Waals surface area contributed by atoms with Crippen molar-refractivity contribution in [2.75, 3.05) is 24.5 Å². The zero-order chi connectivity index (χ0) is 16.8. The standard InChI is InChI=1S/C20H25N3O.HI/c1-2-21-20(23-13-12-17-10-6-7-11-19(17)23)22-15-18(24)14-16-8-4-3-5-9-16;/h3-11,18,24H,2,12-15H2,1H3,(H,21,22);1H. The molecular formula is C20H26IN3O. The molecule has 1 unspecified atom stereocenters. The van der Waals surface area contributed by atoms with Gasteiger partial charge in [-0.25, -0.2) is 0 Å². The summed E-state index contributed by atoms with van der Waals surface area (Å²) in [6.45, 7) is 4.21. The predicted molar refractivity (Wildman–Crippen MR) is 115 cm³/mol. The van der Waals surface area contributed by atoms with Crippen LogP contribution in [0.5, 0.6) is 0 Å². The van der Waals surface area contributed by atoms with Crippen LogP contribution in [0.15, 0.2) is 59.6 Å². The molecule has 0 saturated heterocycles. The summed E-state index contributed by atoms with van der Waals surface area (Å²) in [4.78, 5) is 6.89. The van der Waals surface area contributed by atoms with Crippen LogP contribution in [0.4, 0.5) is 5.69 Å². The molecular weight excluding hydrogens is 425 g/mol. The molecule has 0 spiro atoms. The SMILES string of the molecule is CCNC(=NCC(O)Cc1ccccc1)N1CCc2ccccc21.I. The van der Waals surface area contributed by atoms with E-state index in [-0.39, 0.29) is 24.0 Å². The molecule has 3 rings (SSSR count). The zero-order valence-electron chi connectivity index (χ0n) is 14.6. The molecule has 5 heteroatoms. The number of nitrogens with zero attached hydrogens (tertiary/aromatic N) is 2. The smallest absolute Gasteiger partial charge is 0.198 e. The molecule has 2 aromatic rings. The first-order valence-corrected chi connectivity index (χ1v) is 8.63. The van der Waals surface area contributed by atoms with Gasteiger partial charge in [0, 0.05) is 25.2 Å². The highest BCUT2D eigenvalue weighted by Gasteiger charge is 2.22. The van der Waals surface area contributed by atoms with Crippen LogP contribution >= 0.6 is 24.0 Å². The van der Waals surface area contributed by atoms with Crippen molar-refractivity contribution in [2.45, 2.75) is 25.9 Å². The van der Waals surface area contributed by atoms with Crippen LogP contribution in [-0.4, -0.2) is 36.8 Å². The van der Waals surface area contributed by atoms with Crippen LogP contribution in [0.1, 0.15) is 18.1 Å². The zero-order valence-corrected chi connectivity index (χ0v) is 16.9. The number of hydrogen-bond acceptors (Lipinski definition) is 2. The van der Waals surface area contributed by atoms with E-state index in [4.69, 9.17) is 0 Å². The first kappa shape index (κ1) is 19.7. The van der Waals surface area contributed by atoms with Gasteiger partial charge in [0.05, 0.1) is 12.6 Å². The number of benzene rings is 2.